The van der Waals surface area contributed by atoms with E-state index in [4.69, 9.17) is 9.84 Å². The number of hydrogen-bond donors (Lipinski definition) is 4. The summed E-state index contributed by atoms with van der Waals surface area (Å²) >= 11 is 0. The predicted molar refractivity (Wildman–Crippen MR) is 123 cm³/mol. The fourth-order valence-corrected chi connectivity index (χ4v) is 4.15. The highest BCUT2D eigenvalue weighted by molar-refractivity contribution is 5.79. The van der Waals surface area contributed by atoms with Crippen molar-refractivity contribution in [3.8, 4) is 11.1 Å². The molecule has 8 nitrogen and oxygen atoms in total. The van der Waals surface area contributed by atoms with E-state index in [0.717, 1.165) is 28.7 Å². The summed E-state index contributed by atoms with van der Waals surface area (Å²) in [6.45, 7) is 2.18. The lowest BCUT2D eigenvalue weighted by molar-refractivity contribution is -0.147. The van der Waals surface area contributed by atoms with Gasteiger partial charge in [0.05, 0.1) is 0 Å². The van der Waals surface area contributed by atoms with E-state index in [1.54, 1.807) is 0 Å². The number of carboxylic acids is 1. The van der Waals surface area contributed by atoms with Crippen LogP contribution in [0, 0.1) is 0 Å². The number of fused-ring (bicyclic) bond motifs is 3. The maximum atomic E-state index is 12.5. The van der Waals surface area contributed by atoms with Crippen LogP contribution in [0.1, 0.15) is 49.7 Å². The molecule has 0 aromatic heterocycles. The normalized spacial score (nSPS) is 14.0. The number of alkyl carbamates (subject to hydrolysis) is 1. The van der Waals surface area contributed by atoms with Crippen LogP contribution in [0.3, 0.4) is 0 Å². The van der Waals surface area contributed by atoms with E-state index in [2.05, 4.69) is 22.8 Å². The zero-order valence-corrected chi connectivity index (χ0v) is 18.6. The van der Waals surface area contributed by atoms with Gasteiger partial charge in [0.1, 0.15) is 6.61 Å². The topological polar surface area (TPSA) is 125 Å². The molecule has 0 fully saturated rings. The van der Waals surface area contributed by atoms with Gasteiger partial charge in [0.2, 0.25) is 5.91 Å². The first-order chi connectivity index (χ1) is 15.9. The maximum absolute atomic E-state index is 12.5. The molecule has 4 N–H and O–H groups in total. The van der Waals surface area contributed by atoms with Crippen molar-refractivity contribution in [2.75, 3.05) is 13.2 Å². The van der Waals surface area contributed by atoms with Gasteiger partial charge in [-0.1, -0.05) is 61.9 Å². The number of carbonyl (C=O) groups is 3. The van der Waals surface area contributed by atoms with Gasteiger partial charge in [-0.15, -0.1) is 0 Å². The molecule has 2 aromatic rings. The van der Waals surface area contributed by atoms with Crippen LogP contribution in [0.2, 0.25) is 0 Å². The third kappa shape index (κ3) is 6.32. The van der Waals surface area contributed by atoms with Crippen LogP contribution in [0.5, 0.6) is 0 Å². The lowest BCUT2D eigenvalue weighted by atomic mass is 9.98. The van der Waals surface area contributed by atoms with Crippen molar-refractivity contribution in [3.05, 3.63) is 59.7 Å². The average Bonchev–Trinajstić information content (AvgIpc) is 3.11. The quantitative estimate of drug-likeness (QED) is 0.414. The predicted octanol–water partition coefficient (Wildman–Crippen LogP) is 3.04. The molecule has 0 aliphatic heterocycles. The van der Waals surface area contributed by atoms with Crippen LogP contribution in [0.25, 0.3) is 11.1 Å². The Morgan fingerprint density at radius 1 is 1.00 bits per heavy atom. The third-order valence-corrected chi connectivity index (χ3v) is 5.76. The molecule has 0 heterocycles. The molecule has 0 unspecified atom stereocenters. The summed E-state index contributed by atoms with van der Waals surface area (Å²) in [5.41, 5.74) is 4.55. The smallest absolute Gasteiger partial charge is 0.407 e. The van der Waals surface area contributed by atoms with E-state index >= 15 is 0 Å². The van der Waals surface area contributed by atoms with Gasteiger partial charge in [0.25, 0.3) is 0 Å². The SMILES string of the molecule is CCC[C@H](CC(=O)NCC[C@H](O)C(=O)O)NC(=O)OCC1c2ccccc2-c2ccccc21. The van der Waals surface area contributed by atoms with Crippen LogP contribution >= 0.6 is 0 Å². The molecular weight excluding hydrogens is 424 g/mol. The first kappa shape index (κ1) is 24.3. The molecule has 1 aliphatic rings. The number of hydrogen-bond acceptors (Lipinski definition) is 5. The summed E-state index contributed by atoms with van der Waals surface area (Å²) in [6, 6.07) is 15.8. The van der Waals surface area contributed by atoms with Crippen molar-refractivity contribution < 1.29 is 29.3 Å². The molecule has 2 atom stereocenters. The number of carboxylic acid groups (broad SMARTS) is 1. The lowest BCUT2D eigenvalue weighted by Crippen LogP contribution is -2.40. The maximum Gasteiger partial charge on any atom is 0.407 e. The summed E-state index contributed by atoms with van der Waals surface area (Å²) in [5, 5.41) is 23.3. The van der Waals surface area contributed by atoms with Gasteiger partial charge in [-0.25, -0.2) is 9.59 Å². The molecule has 0 saturated heterocycles. The number of rotatable bonds is 11. The van der Waals surface area contributed by atoms with Crippen molar-refractivity contribution in [1.82, 2.24) is 10.6 Å². The molecule has 2 aromatic carbocycles. The molecule has 3 rings (SSSR count). The van der Waals surface area contributed by atoms with E-state index < -0.39 is 24.2 Å². The molecule has 2 amide bonds. The Morgan fingerprint density at radius 2 is 1.61 bits per heavy atom. The molecule has 8 heteroatoms. The summed E-state index contributed by atoms with van der Waals surface area (Å²) < 4.78 is 5.56. The van der Waals surface area contributed by atoms with Crippen molar-refractivity contribution in [3.63, 3.8) is 0 Å². The van der Waals surface area contributed by atoms with E-state index in [0.29, 0.717) is 6.42 Å². The lowest BCUT2D eigenvalue weighted by Gasteiger charge is -2.19. The Labute approximate surface area is 193 Å². The fourth-order valence-electron chi connectivity index (χ4n) is 4.15. The zero-order valence-electron chi connectivity index (χ0n) is 18.6. The van der Waals surface area contributed by atoms with E-state index in [-0.39, 0.29) is 37.8 Å². The van der Waals surface area contributed by atoms with Crippen LogP contribution in [-0.2, 0) is 14.3 Å². The molecule has 0 bridgehead atoms. The van der Waals surface area contributed by atoms with Crippen LogP contribution in [0.4, 0.5) is 4.79 Å². The largest absolute Gasteiger partial charge is 0.479 e. The van der Waals surface area contributed by atoms with Gasteiger partial charge >= 0.3 is 12.1 Å². The van der Waals surface area contributed by atoms with Gasteiger partial charge in [-0.05, 0) is 28.7 Å². The number of aliphatic hydroxyl groups excluding tert-OH is 1. The zero-order chi connectivity index (χ0) is 23.8. The second-order valence-corrected chi connectivity index (χ2v) is 8.15. The molecular formula is C25H30N2O6. The third-order valence-electron chi connectivity index (χ3n) is 5.76. The first-order valence-corrected chi connectivity index (χ1v) is 11.2. The van der Waals surface area contributed by atoms with Crippen molar-refractivity contribution in [1.29, 1.82) is 0 Å². The number of amides is 2. The highest BCUT2D eigenvalue weighted by Gasteiger charge is 2.29. The number of ether oxygens (including phenoxy) is 1. The van der Waals surface area contributed by atoms with Crippen LogP contribution in [-0.4, -0.2) is 53.5 Å². The number of carbonyl (C=O) groups excluding carboxylic acids is 2. The van der Waals surface area contributed by atoms with Gasteiger partial charge in [-0.2, -0.15) is 0 Å². The minimum absolute atomic E-state index is 0.0378. The fraction of sp³-hybridized carbons (Fsp3) is 0.400. The van der Waals surface area contributed by atoms with Crippen molar-refractivity contribution in [2.24, 2.45) is 0 Å². The van der Waals surface area contributed by atoms with E-state index in [9.17, 15) is 19.5 Å². The molecule has 0 spiro atoms. The number of aliphatic hydroxyl groups is 1. The highest BCUT2D eigenvalue weighted by atomic mass is 16.5. The van der Waals surface area contributed by atoms with Gasteiger partial charge < -0.3 is 25.6 Å². The molecule has 33 heavy (non-hydrogen) atoms. The Morgan fingerprint density at radius 3 is 2.18 bits per heavy atom. The number of nitrogens with one attached hydrogen (secondary N) is 2. The van der Waals surface area contributed by atoms with Gasteiger partial charge in [0.15, 0.2) is 6.10 Å². The number of aliphatic carboxylic acids is 1. The average molecular weight is 455 g/mol. The molecule has 176 valence electrons. The Balaban J connectivity index is 1.52. The highest BCUT2D eigenvalue weighted by Crippen LogP contribution is 2.44. The Kier molecular flexibility index (Phi) is 8.43. The number of benzene rings is 2. The molecule has 1 aliphatic carbocycles. The van der Waals surface area contributed by atoms with Gasteiger partial charge in [-0.3, -0.25) is 4.79 Å². The van der Waals surface area contributed by atoms with E-state index in [1.807, 2.05) is 43.3 Å². The van der Waals surface area contributed by atoms with Crippen LogP contribution in [0.15, 0.2) is 48.5 Å². The molecule has 0 radical (unpaired) electrons. The Hall–Kier alpha value is -3.39. The minimum Gasteiger partial charge on any atom is -0.479 e. The second kappa shape index (κ2) is 11.5. The molecule has 0 saturated carbocycles. The summed E-state index contributed by atoms with van der Waals surface area (Å²) in [6.07, 6.45) is -0.782. The first-order valence-electron chi connectivity index (χ1n) is 11.2. The minimum atomic E-state index is -1.52. The summed E-state index contributed by atoms with van der Waals surface area (Å²) in [7, 11) is 0. The Bertz CT molecular complexity index is 947. The second-order valence-electron chi connectivity index (χ2n) is 8.15. The van der Waals surface area contributed by atoms with Crippen LogP contribution < -0.4 is 10.6 Å². The monoisotopic (exact) mass is 454 g/mol. The van der Waals surface area contributed by atoms with E-state index in [1.165, 1.54) is 0 Å². The summed E-state index contributed by atoms with van der Waals surface area (Å²) in [4.78, 5) is 35.3. The van der Waals surface area contributed by atoms with Crippen molar-refractivity contribution >= 4 is 18.0 Å². The van der Waals surface area contributed by atoms with Gasteiger partial charge in [0, 0.05) is 31.3 Å². The standard InChI is InChI=1S/C25H30N2O6/c1-2-7-16(14-23(29)26-13-12-22(28)24(30)31)27-25(32)33-15-21-19-10-5-3-8-17(19)18-9-4-6-11-20(18)21/h3-6,8-11,16,21-22,28H,2,7,12-15H2,1H3,(H,26,29)(H,27,32)(H,30,31)/t16-,22+/m1/s1. The van der Waals surface area contributed by atoms with Crippen molar-refractivity contribution in [2.45, 2.75) is 50.7 Å². The summed E-state index contributed by atoms with van der Waals surface area (Å²) in [5.74, 6) is -1.70.